The van der Waals surface area contributed by atoms with Gasteiger partial charge in [0, 0.05) is 35.6 Å². The van der Waals surface area contributed by atoms with Crippen LogP contribution >= 0.6 is 0 Å². The fourth-order valence-electron chi connectivity index (χ4n) is 3.50. The summed E-state index contributed by atoms with van der Waals surface area (Å²) in [5, 5.41) is 0. The van der Waals surface area contributed by atoms with Crippen molar-refractivity contribution in [2.75, 3.05) is 25.5 Å². The molecule has 2 N–H and O–H groups in total. The van der Waals surface area contributed by atoms with Crippen molar-refractivity contribution in [1.29, 1.82) is 0 Å². The average Bonchev–Trinajstić information content (AvgIpc) is 2.74. The second kappa shape index (κ2) is 7.97. The summed E-state index contributed by atoms with van der Waals surface area (Å²) in [6.45, 7) is 3.54. The monoisotopic (exact) mass is 392 g/mol. The van der Waals surface area contributed by atoms with Gasteiger partial charge in [-0.3, -0.25) is 4.79 Å². The lowest BCUT2D eigenvalue weighted by Gasteiger charge is -2.33. The molecule has 29 heavy (non-hydrogen) atoms. The molecule has 1 aliphatic heterocycles. The number of halogens is 1. The molecule has 1 saturated heterocycles. The van der Waals surface area contributed by atoms with Crippen LogP contribution in [0.15, 0.2) is 54.9 Å². The van der Waals surface area contributed by atoms with Crippen molar-refractivity contribution >= 4 is 11.9 Å². The van der Waals surface area contributed by atoms with Crippen molar-refractivity contribution in [3.8, 4) is 22.3 Å². The molecular weight excluding hydrogens is 371 g/mol. The lowest BCUT2D eigenvalue weighted by atomic mass is 9.96. The number of amides is 1. The number of ether oxygens (including phenoxy) is 1. The van der Waals surface area contributed by atoms with Crippen LogP contribution in [-0.4, -0.2) is 46.6 Å². The van der Waals surface area contributed by atoms with Gasteiger partial charge in [0.05, 0.1) is 19.3 Å². The SMILES string of the molecule is CC1COCCN1C(=O)c1ccccc1-c1ccc(-c2cnc(N)nc2)c(F)c1. The zero-order chi connectivity index (χ0) is 20.4. The molecule has 1 amide bonds. The highest BCUT2D eigenvalue weighted by Gasteiger charge is 2.26. The van der Waals surface area contributed by atoms with Crippen LogP contribution in [0.25, 0.3) is 22.3 Å². The molecule has 1 aliphatic rings. The number of nitrogens with zero attached hydrogens (tertiary/aromatic N) is 3. The second-order valence-electron chi connectivity index (χ2n) is 6.99. The van der Waals surface area contributed by atoms with E-state index in [-0.39, 0.29) is 17.9 Å². The molecule has 148 valence electrons. The molecule has 0 bridgehead atoms. The third-order valence-electron chi connectivity index (χ3n) is 5.05. The summed E-state index contributed by atoms with van der Waals surface area (Å²) in [4.78, 5) is 22.8. The van der Waals surface area contributed by atoms with Crippen LogP contribution in [-0.2, 0) is 4.74 Å². The molecular formula is C22H21FN4O2. The number of aromatic nitrogens is 2. The third-order valence-corrected chi connectivity index (χ3v) is 5.05. The zero-order valence-corrected chi connectivity index (χ0v) is 16.0. The largest absolute Gasteiger partial charge is 0.377 e. The van der Waals surface area contributed by atoms with Gasteiger partial charge >= 0.3 is 0 Å². The van der Waals surface area contributed by atoms with Gasteiger partial charge in [0.15, 0.2) is 0 Å². The third kappa shape index (κ3) is 3.82. The van der Waals surface area contributed by atoms with Gasteiger partial charge in [-0.05, 0) is 30.2 Å². The minimum Gasteiger partial charge on any atom is -0.377 e. The highest BCUT2D eigenvalue weighted by atomic mass is 19.1. The van der Waals surface area contributed by atoms with Crippen molar-refractivity contribution < 1.29 is 13.9 Å². The maximum absolute atomic E-state index is 14.9. The standard InChI is InChI=1S/C22H21FN4O2/c1-14-13-29-9-8-27(14)21(28)19-5-3-2-4-17(19)15-6-7-18(20(23)10-15)16-11-25-22(24)26-12-16/h2-7,10-12,14H,8-9,13H2,1H3,(H2,24,25,26). The van der Waals surface area contributed by atoms with Crippen LogP contribution in [0.2, 0.25) is 0 Å². The Labute approximate surface area is 168 Å². The highest BCUT2D eigenvalue weighted by Crippen LogP contribution is 2.30. The van der Waals surface area contributed by atoms with Crippen molar-refractivity contribution in [3.05, 3.63) is 66.2 Å². The molecule has 1 atom stereocenters. The first-order chi connectivity index (χ1) is 14.0. The van der Waals surface area contributed by atoms with Gasteiger partial charge in [-0.15, -0.1) is 0 Å². The van der Waals surface area contributed by atoms with E-state index in [1.165, 1.54) is 18.5 Å². The van der Waals surface area contributed by atoms with Gasteiger partial charge in [0.25, 0.3) is 5.91 Å². The first kappa shape index (κ1) is 19.0. The fourth-order valence-corrected chi connectivity index (χ4v) is 3.50. The Balaban J connectivity index is 1.70. The molecule has 0 radical (unpaired) electrons. The van der Waals surface area contributed by atoms with E-state index in [0.717, 1.165) is 0 Å². The molecule has 0 spiro atoms. The van der Waals surface area contributed by atoms with Crippen molar-refractivity contribution in [3.63, 3.8) is 0 Å². The van der Waals surface area contributed by atoms with Crippen LogP contribution in [0.3, 0.4) is 0 Å². The van der Waals surface area contributed by atoms with Crippen LogP contribution in [0.1, 0.15) is 17.3 Å². The highest BCUT2D eigenvalue weighted by molar-refractivity contribution is 6.01. The number of rotatable bonds is 3. The number of hydrogen-bond donors (Lipinski definition) is 1. The van der Waals surface area contributed by atoms with Crippen LogP contribution in [0, 0.1) is 5.82 Å². The molecule has 6 nitrogen and oxygen atoms in total. The first-order valence-electron chi connectivity index (χ1n) is 9.40. The summed E-state index contributed by atoms with van der Waals surface area (Å²) in [6, 6.07) is 12.2. The van der Waals surface area contributed by atoms with Crippen molar-refractivity contribution in [2.24, 2.45) is 0 Å². The van der Waals surface area contributed by atoms with Crippen LogP contribution in [0.4, 0.5) is 10.3 Å². The van der Waals surface area contributed by atoms with Gasteiger partial charge in [-0.1, -0.05) is 30.3 Å². The Kier molecular flexibility index (Phi) is 5.22. The van der Waals surface area contributed by atoms with E-state index >= 15 is 0 Å². The fraction of sp³-hybridized carbons (Fsp3) is 0.227. The van der Waals surface area contributed by atoms with E-state index < -0.39 is 5.82 Å². The maximum Gasteiger partial charge on any atom is 0.254 e. The van der Waals surface area contributed by atoms with Gasteiger partial charge in [-0.2, -0.15) is 0 Å². The predicted octanol–water partition coefficient (Wildman–Crippen LogP) is 3.39. The quantitative estimate of drug-likeness (QED) is 0.739. The smallest absolute Gasteiger partial charge is 0.254 e. The lowest BCUT2D eigenvalue weighted by Crippen LogP contribution is -2.47. The maximum atomic E-state index is 14.9. The summed E-state index contributed by atoms with van der Waals surface area (Å²) in [5.41, 5.74) is 8.28. The zero-order valence-electron chi connectivity index (χ0n) is 16.0. The molecule has 0 saturated carbocycles. The number of nitrogens with two attached hydrogens (primary N) is 1. The van der Waals surface area contributed by atoms with Gasteiger partial charge < -0.3 is 15.4 Å². The minimum atomic E-state index is -0.419. The van der Waals surface area contributed by atoms with E-state index in [0.29, 0.717) is 47.6 Å². The van der Waals surface area contributed by atoms with E-state index in [1.807, 2.05) is 25.1 Å². The number of benzene rings is 2. The predicted molar refractivity (Wildman–Crippen MR) is 109 cm³/mol. The topological polar surface area (TPSA) is 81.3 Å². The van der Waals surface area contributed by atoms with Crippen molar-refractivity contribution in [2.45, 2.75) is 13.0 Å². The van der Waals surface area contributed by atoms with Gasteiger partial charge in [0.1, 0.15) is 5.82 Å². The van der Waals surface area contributed by atoms with E-state index in [2.05, 4.69) is 9.97 Å². The normalized spacial score (nSPS) is 16.6. The van der Waals surface area contributed by atoms with E-state index in [9.17, 15) is 9.18 Å². The second-order valence-corrected chi connectivity index (χ2v) is 6.99. The molecule has 7 heteroatoms. The lowest BCUT2D eigenvalue weighted by molar-refractivity contribution is 0.00364. The number of anilines is 1. The van der Waals surface area contributed by atoms with E-state index in [4.69, 9.17) is 10.5 Å². The number of carbonyl (C=O) groups is 1. The molecule has 1 fully saturated rings. The summed E-state index contributed by atoms with van der Waals surface area (Å²) < 4.78 is 20.3. The summed E-state index contributed by atoms with van der Waals surface area (Å²) in [7, 11) is 0. The van der Waals surface area contributed by atoms with Crippen molar-refractivity contribution in [1.82, 2.24) is 14.9 Å². The summed E-state index contributed by atoms with van der Waals surface area (Å²) in [5.74, 6) is -0.360. The molecule has 2 aromatic carbocycles. The summed E-state index contributed by atoms with van der Waals surface area (Å²) >= 11 is 0. The Morgan fingerprint density at radius 1 is 1.14 bits per heavy atom. The van der Waals surface area contributed by atoms with Gasteiger partial charge in [-0.25, -0.2) is 14.4 Å². The molecule has 2 heterocycles. The van der Waals surface area contributed by atoms with E-state index in [1.54, 1.807) is 23.1 Å². The minimum absolute atomic E-state index is 0.00562. The average molecular weight is 392 g/mol. The molecule has 3 aromatic rings. The number of morpholine rings is 1. The molecule has 1 unspecified atom stereocenters. The Morgan fingerprint density at radius 3 is 2.62 bits per heavy atom. The molecule has 0 aliphatic carbocycles. The van der Waals surface area contributed by atoms with Crippen LogP contribution < -0.4 is 5.73 Å². The number of nitrogen functional groups attached to an aromatic ring is 1. The molecule has 1 aromatic heterocycles. The number of hydrogen-bond acceptors (Lipinski definition) is 5. The van der Waals surface area contributed by atoms with Gasteiger partial charge in [0.2, 0.25) is 5.95 Å². The Bertz CT molecular complexity index is 1040. The number of carbonyl (C=O) groups excluding carboxylic acids is 1. The van der Waals surface area contributed by atoms with Crippen LogP contribution in [0.5, 0.6) is 0 Å². The first-order valence-corrected chi connectivity index (χ1v) is 9.40. The Morgan fingerprint density at radius 2 is 1.90 bits per heavy atom. The molecule has 4 rings (SSSR count). The Hall–Kier alpha value is -3.32. The summed E-state index contributed by atoms with van der Waals surface area (Å²) in [6.07, 6.45) is 2.97.